The van der Waals surface area contributed by atoms with E-state index >= 15 is 0 Å². The Kier molecular flexibility index (Phi) is 15.2. The van der Waals surface area contributed by atoms with Crippen molar-refractivity contribution in [2.75, 3.05) is 0 Å². The zero-order valence-electron chi connectivity index (χ0n) is 26.5. The molecule has 2 unspecified atom stereocenters. The zero-order chi connectivity index (χ0) is 31.7. The van der Waals surface area contributed by atoms with Crippen LogP contribution in [0.5, 0.6) is 11.5 Å². The molecular formula is C33H46CoN2O6. The van der Waals surface area contributed by atoms with Crippen molar-refractivity contribution in [2.45, 2.75) is 111 Å². The second-order valence-electron chi connectivity index (χ2n) is 12.7. The third-order valence-corrected chi connectivity index (χ3v) is 6.41. The van der Waals surface area contributed by atoms with Crippen LogP contribution in [0.1, 0.15) is 108 Å². The Balaban J connectivity index is 0.00000166. The van der Waals surface area contributed by atoms with Gasteiger partial charge < -0.3 is 30.0 Å². The van der Waals surface area contributed by atoms with Crippen LogP contribution in [0.2, 0.25) is 0 Å². The van der Waals surface area contributed by atoms with Gasteiger partial charge in [-0.15, -0.1) is 0 Å². The molecule has 8 nitrogen and oxygen atoms in total. The molecule has 1 radical (unpaired) electrons. The van der Waals surface area contributed by atoms with E-state index in [0.29, 0.717) is 11.5 Å². The number of carboxylic acids is 2. The Morgan fingerprint density at radius 2 is 1.02 bits per heavy atom. The molecule has 2 N–H and O–H groups in total. The molecule has 3 rings (SSSR count). The number of aryl methyl sites for hydroxylation is 2. The summed E-state index contributed by atoms with van der Waals surface area (Å²) in [6.07, 6.45) is 6.49. The van der Waals surface area contributed by atoms with Gasteiger partial charge in [0, 0.05) is 46.6 Å². The quantitative estimate of drug-likeness (QED) is 0.486. The smallest absolute Gasteiger partial charge is 0.550 e. The predicted molar refractivity (Wildman–Crippen MR) is 161 cm³/mol. The van der Waals surface area contributed by atoms with E-state index in [1.54, 1.807) is 0 Å². The second kappa shape index (κ2) is 16.5. The van der Waals surface area contributed by atoms with Crippen LogP contribution in [0, 0.1) is 13.8 Å². The van der Waals surface area contributed by atoms with Crippen molar-refractivity contribution in [2.24, 2.45) is 9.98 Å². The summed E-state index contributed by atoms with van der Waals surface area (Å²) in [7, 11) is 0. The molecule has 0 amide bonds. The molecule has 0 aromatic heterocycles. The summed E-state index contributed by atoms with van der Waals surface area (Å²) in [5, 5.41) is 39.3. The molecule has 2 aromatic rings. The molecule has 2 aromatic carbocycles. The number of aliphatic carboxylic acids is 2. The van der Waals surface area contributed by atoms with Crippen LogP contribution >= 0.6 is 0 Å². The first-order valence-corrected chi connectivity index (χ1v) is 13.8. The van der Waals surface area contributed by atoms with E-state index in [0.717, 1.165) is 66.5 Å². The predicted octanol–water partition coefficient (Wildman–Crippen LogP) is 4.28. The molecule has 1 fully saturated rings. The van der Waals surface area contributed by atoms with E-state index in [2.05, 4.69) is 67.5 Å². The molecule has 233 valence electrons. The average Bonchev–Trinajstić information content (AvgIpc) is 3.25. The Bertz CT molecular complexity index is 1170. The normalized spacial score (nSPS) is 16.7. The molecular weight excluding hydrogens is 579 g/mol. The van der Waals surface area contributed by atoms with Crippen LogP contribution in [0.4, 0.5) is 0 Å². The summed E-state index contributed by atoms with van der Waals surface area (Å²) in [4.78, 5) is 27.4. The molecule has 0 saturated heterocycles. The number of aromatic hydroxyl groups is 2. The third-order valence-electron chi connectivity index (χ3n) is 6.41. The summed E-state index contributed by atoms with van der Waals surface area (Å²) < 4.78 is 0. The fourth-order valence-corrected chi connectivity index (χ4v) is 4.53. The van der Waals surface area contributed by atoms with Crippen molar-refractivity contribution < 1.29 is 46.8 Å². The van der Waals surface area contributed by atoms with E-state index in [4.69, 9.17) is 29.8 Å². The minimum Gasteiger partial charge on any atom is -0.550 e. The van der Waals surface area contributed by atoms with Crippen LogP contribution in [0.25, 0.3) is 0 Å². The van der Waals surface area contributed by atoms with Gasteiger partial charge in [0.1, 0.15) is 11.5 Å². The van der Waals surface area contributed by atoms with Gasteiger partial charge in [0.15, 0.2) is 0 Å². The van der Waals surface area contributed by atoms with Gasteiger partial charge in [-0.05, 0) is 81.0 Å². The van der Waals surface area contributed by atoms with Gasteiger partial charge in [0.05, 0.1) is 12.1 Å². The van der Waals surface area contributed by atoms with Crippen molar-refractivity contribution in [3.63, 3.8) is 0 Å². The Morgan fingerprint density at radius 3 is 1.29 bits per heavy atom. The summed E-state index contributed by atoms with van der Waals surface area (Å²) in [6, 6.07) is 8.48. The fourth-order valence-electron chi connectivity index (χ4n) is 4.53. The van der Waals surface area contributed by atoms with Crippen LogP contribution in [-0.2, 0) is 37.2 Å². The number of rotatable bonds is 4. The number of carbonyl (C=O) groups is 2. The molecule has 2 atom stereocenters. The van der Waals surface area contributed by atoms with Crippen molar-refractivity contribution in [3.8, 4) is 11.5 Å². The van der Waals surface area contributed by atoms with Gasteiger partial charge in [0.2, 0.25) is 0 Å². The molecule has 1 aliphatic carbocycles. The van der Waals surface area contributed by atoms with Gasteiger partial charge in [-0.1, -0.05) is 53.7 Å². The van der Waals surface area contributed by atoms with Gasteiger partial charge in [-0.2, -0.15) is 0 Å². The standard InChI is InChI=1S/C29H40N2O2.2C2H4O2.Co/c1-18-11-20(26(32)24(13-18)28(3,4)5)16-30-22-9-10-23(15-22)31-17-21-12-19(2)14-25(27(21)33)29(6,7)8;2*1-2(3)4;/h11-14,16-17,22-23,32-33H,9-10,15H2,1-8H3;2*1H3,(H,3,4);/q;;;+2/p-2. The molecule has 1 saturated carbocycles. The Hall–Kier alpha value is -3.17. The van der Waals surface area contributed by atoms with Crippen LogP contribution in [0.15, 0.2) is 34.3 Å². The van der Waals surface area contributed by atoms with Gasteiger partial charge >= 0.3 is 16.8 Å². The number of phenols is 2. The molecule has 9 heteroatoms. The summed E-state index contributed by atoms with van der Waals surface area (Å²) >= 11 is 0. The number of nitrogens with zero attached hydrogens (tertiary/aromatic N) is 2. The average molecular weight is 626 g/mol. The van der Waals surface area contributed by atoms with Crippen LogP contribution in [0.3, 0.4) is 0 Å². The largest absolute Gasteiger partial charge is 2.00 e. The van der Waals surface area contributed by atoms with Crippen molar-refractivity contribution >= 4 is 24.4 Å². The molecule has 42 heavy (non-hydrogen) atoms. The SMILES string of the molecule is CC(=O)[O-].CC(=O)[O-].Cc1cc(C=NC2CCC(N=Cc3cc(C)cc(C(C)(C)C)c3O)C2)c(O)c(C(C)(C)C)c1.[Co+2]. The van der Waals surface area contributed by atoms with E-state index in [9.17, 15) is 10.2 Å². The second-order valence-corrected chi connectivity index (χ2v) is 12.7. The summed E-state index contributed by atoms with van der Waals surface area (Å²) in [6.45, 7) is 18.7. The first-order valence-electron chi connectivity index (χ1n) is 13.8. The first kappa shape index (κ1) is 38.8. The Labute approximate surface area is 261 Å². The van der Waals surface area contributed by atoms with E-state index in [1.165, 1.54) is 0 Å². The number of hydrogen-bond acceptors (Lipinski definition) is 8. The number of carboxylic acid groups (broad SMARTS) is 2. The van der Waals surface area contributed by atoms with E-state index < -0.39 is 11.9 Å². The molecule has 0 bridgehead atoms. The van der Waals surface area contributed by atoms with Crippen LogP contribution in [-0.4, -0.2) is 46.7 Å². The summed E-state index contributed by atoms with van der Waals surface area (Å²) in [5.74, 6) is -1.51. The first-order chi connectivity index (χ1) is 18.7. The number of hydrogen-bond donors (Lipinski definition) is 2. The van der Waals surface area contributed by atoms with Gasteiger partial charge in [0.25, 0.3) is 0 Å². The molecule has 0 aliphatic heterocycles. The van der Waals surface area contributed by atoms with Crippen molar-refractivity contribution in [3.05, 3.63) is 57.6 Å². The molecule has 0 heterocycles. The maximum Gasteiger partial charge on any atom is 2.00 e. The topological polar surface area (TPSA) is 145 Å². The van der Waals surface area contributed by atoms with E-state index in [-0.39, 0.29) is 39.7 Å². The van der Waals surface area contributed by atoms with Gasteiger partial charge in [-0.3, -0.25) is 9.98 Å². The maximum atomic E-state index is 10.8. The van der Waals surface area contributed by atoms with Gasteiger partial charge in [-0.25, -0.2) is 0 Å². The number of carbonyl (C=O) groups excluding carboxylic acids is 2. The third kappa shape index (κ3) is 13.2. The van der Waals surface area contributed by atoms with Crippen LogP contribution < -0.4 is 10.2 Å². The maximum absolute atomic E-state index is 10.8. The van der Waals surface area contributed by atoms with E-state index in [1.807, 2.05) is 24.6 Å². The zero-order valence-corrected chi connectivity index (χ0v) is 27.5. The number of benzene rings is 2. The van der Waals surface area contributed by atoms with Crippen molar-refractivity contribution in [1.82, 2.24) is 0 Å². The fraction of sp³-hybridized carbons (Fsp3) is 0.515. The number of phenolic OH excluding ortho intramolecular Hbond substituents is 2. The summed E-state index contributed by atoms with van der Waals surface area (Å²) in [5.41, 5.74) is 5.47. The molecule has 1 aliphatic rings. The monoisotopic (exact) mass is 625 g/mol. The molecule has 0 spiro atoms. The number of aliphatic imine (C=N–C) groups is 2. The Morgan fingerprint density at radius 1 is 0.738 bits per heavy atom. The van der Waals surface area contributed by atoms with Crippen molar-refractivity contribution in [1.29, 1.82) is 0 Å². The minimum atomic E-state index is -1.08. The minimum absolute atomic E-state index is 0.